The highest BCUT2D eigenvalue weighted by molar-refractivity contribution is 14.0. The van der Waals surface area contributed by atoms with Gasteiger partial charge in [-0.05, 0) is 24.0 Å². The van der Waals surface area contributed by atoms with Gasteiger partial charge in [0.15, 0.2) is 11.7 Å². The van der Waals surface area contributed by atoms with Crippen LogP contribution in [0.2, 0.25) is 0 Å². The van der Waals surface area contributed by atoms with E-state index in [1.54, 1.807) is 0 Å². The van der Waals surface area contributed by atoms with Crippen molar-refractivity contribution in [3.63, 3.8) is 0 Å². The summed E-state index contributed by atoms with van der Waals surface area (Å²) >= 11 is 0. The van der Waals surface area contributed by atoms with Crippen molar-refractivity contribution in [1.82, 2.24) is 15.8 Å². The summed E-state index contributed by atoms with van der Waals surface area (Å²) in [6, 6.07) is 21.7. The molecule has 172 valence electrons. The summed E-state index contributed by atoms with van der Waals surface area (Å²) in [5.74, 6) is 1.64. The Hall–Kier alpha value is -2.39. The molecule has 1 atom stereocenters. The van der Waals surface area contributed by atoms with Crippen molar-refractivity contribution in [3.8, 4) is 0 Å². The SMILES string of the molecule is CCNC(=NCc1cc(C(C)C)no1)NCC(O)(Cc1ccccc1)c1ccccc1.I. The molecule has 0 amide bonds. The minimum absolute atomic E-state index is 0. The van der Waals surface area contributed by atoms with Crippen LogP contribution in [0.25, 0.3) is 0 Å². The number of nitrogens with one attached hydrogen (secondary N) is 2. The quantitative estimate of drug-likeness (QED) is 0.207. The number of aliphatic imine (C=N–C) groups is 1. The smallest absolute Gasteiger partial charge is 0.191 e. The van der Waals surface area contributed by atoms with E-state index in [0.29, 0.717) is 43.7 Å². The average molecular weight is 548 g/mol. The second-order valence-electron chi connectivity index (χ2n) is 7.98. The summed E-state index contributed by atoms with van der Waals surface area (Å²) in [5.41, 5.74) is 1.76. The van der Waals surface area contributed by atoms with Crippen LogP contribution in [-0.2, 0) is 18.6 Å². The summed E-state index contributed by atoms with van der Waals surface area (Å²) in [4.78, 5) is 4.61. The summed E-state index contributed by atoms with van der Waals surface area (Å²) in [5, 5.41) is 22.3. The Labute approximate surface area is 207 Å². The topological polar surface area (TPSA) is 82.7 Å². The fourth-order valence-electron chi connectivity index (χ4n) is 3.35. The molecule has 0 radical (unpaired) electrons. The van der Waals surface area contributed by atoms with Gasteiger partial charge in [-0.15, -0.1) is 24.0 Å². The van der Waals surface area contributed by atoms with Gasteiger partial charge in [-0.25, -0.2) is 4.99 Å². The molecule has 3 aromatic rings. The van der Waals surface area contributed by atoms with E-state index >= 15 is 0 Å². The molecule has 0 aliphatic rings. The second-order valence-corrected chi connectivity index (χ2v) is 7.98. The lowest BCUT2D eigenvalue weighted by Gasteiger charge is -2.30. The highest BCUT2D eigenvalue weighted by Crippen LogP contribution is 2.25. The van der Waals surface area contributed by atoms with Gasteiger partial charge in [0.2, 0.25) is 0 Å². The maximum atomic E-state index is 11.6. The molecule has 2 aromatic carbocycles. The number of rotatable bonds is 9. The van der Waals surface area contributed by atoms with Crippen molar-refractivity contribution in [2.45, 2.75) is 45.3 Å². The number of hydrogen-bond donors (Lipinski definition) is 3. The molecule has 1 heterocycles. The van der Waals surface area contributed by atoms with Gasteiger partial charge in [0.1, 0.15) is 12.1 Å². The fraction of sp³-hybridized carbons (Fsp3) is 0.360. The van der Waals surface area contributed by atoms with Crippen LogP contribution in [-0.4, -0.2) is 29.3 Å². The van der Waals surface area contributed by atoms with Crippen molar-refractivity contribution in [1.29, 1.82) is 0 Å². The molecule has 0 spiro atoms. The van der Waals surface area contributed by atoms with Crippen molar-refractivity contribution in [2.75, 3.05) is 13.1 Å². The largest absolute Gasteiger partial charge is 0.383 e. The number of aromatic nitrogens is 1. The summed E-state index contributed by atoms with van der Waals surface area (Å²) < 4.78 is 5.39. The fourth-order valence-corrected chi connectivity index (χ4v) is 3.35. The summed E-state index contributed by atoms with van der Waals surface area (Å²) in [6.07, 6.45) is 0.490. The minimum atomic E-state index is -1.09. The Bertz CT molecular complexity index is 960. The first kappa shape index (κ1) is 25.9. The van der Waals surface area contributed by atoms with Crippen molar-refractivity contribution < 1.29 is 9.63 Å². The monoisotopic (exact) mass is 548 g/mol. The van der Waals surface area contributed by atoms with Gasteiger partial charge in [-0.1, -0.05) is 79.7 Å². The lowest BCUT2D eigenvalue weighted by molar-refractivity contribution is 0.0414. The number of aliphatic hydroxyl groups is 1. The molecule has 32 heavy (non-hydrogen) atoms. The van der Waals surface area contributed by atoms with E-state index in [9.17, 15) is 5.11 Å². The zero-order chi connectivity index (χ0) is 22.1. The molecule has 0 aliphatic carbocycles. The molecule has 0 aliphatic heterocycles. The first-order chi connectivity index (χ1) is 15.0. The predicted octanol–water partition coefficient (Wildman–Crippen LogP) is 4.60. The Kier molecular flexibility index (Phi) is 10.2. The minimum Gasteiger partial charge on any atom is -0.383 e. The van der Waals surface area contributed by atoms with E-state index in [1.165, 1.54) is 0 Å². The Balaban J connectivity index is 0.00000363. The van der Waals surface area contributed by atoms with Gasteiger partial charge in [-0.2, -0.15) is 0 Å². The van der Waals surface area contributed by atoms with Crippen LogP contribution < -0.4 is 10.6 Å². The third-order valence-corrected chi connectivity index (χ3v) is 5.10. The number of guanidine groups is 1. The van der Waals surface area contributed by atoms with E-state index in [4.69, 9.17) is 4.52 Å². The van der Waals surface area contributed by atoms with Crippen LogP contribution in [0.15, 0.2) is 76.2 Å². The first-order valence-corrected chi connectivity index (χ1v) is 10.8. The van der Waals surface area contributed by atoms with Crippen LogP contribution in [0.3, 0.4) is 0 Å². The number of hydrogen-bond acceptors (Lipinski definition) is 4. The van der Waals surface area contributed by atoms with Crippen LogP contribution in [0, 0.1) is 0 Å². The van der Waals surface area contributed by atoms with Gasteiger partial charge in [0.05, 0.1) is 12.2 Å². The molecule has 1 aromatic heterocycles. The van der Waals surface area contributed by atoms with Crippen LogP contribution in [0.1, 0.15) is 49.3 Å². The van der Waals surface area contributed by atoms with E-state index in [1.807, 2.05) is 73.7 Å². The molecule has 0 saturated carbocycles. The number of halogens is 1. The van der Waals surface area contributed by atoms with E-state index < -0.39 is 5.60 Å². The van der Waals surface area contributed by atoms with Gasteiger partial charge < -0.3 is 20.3 Å². The van der Waals surface area contributed by atoms with Crippen LogP contribution >= 0.6 is 24.0 Å². The third kappa shape index (κ3) is 7.34. The zero-order valence-corrected chi connectivity index (χ0v) is 21.2. The third-order valence-electron chi connectivity index (χ3n) is 5.10. The molecule has 0 fully saturated rings. The molecule has 0 saturated heterocycles. The molecule has 0 bridgehead atoms. The maximum Gasteiger partial charge on any atom is 0.191 e. The zero-order valence-electron chi connectivity index (χ0n) is 18.9. The lowest BCUT2D eigenvalue weighted by atomic mass is 9.87. The van der Waals surface area contributed by atoms with E-state index in [0.717, 1.165) is 16.8 Å². The predicted molar refractivity (Wildman–Crippen MR) is 139 cm³/mol. The molecule has 6 nitrogen and oxygen atoms in total. The van der Waals surface area contributed by atoms with Crippen molar-refractivity contribution >= 4 is 29.9 Å². The summed E-state index contributed by atoms with van der Waals surface area (Å²) in [7, 11) is 0. The molecule has 3 rings (SSSR count). The maximum absolute atomic E-state index is 11.6. The molecular formula is C25H33IN4O2. The van der Waals surface area contributed by atoms with Crippen LogP contribution in [0.4, 0.5) is 0 Å². The molecule has 3 N–H and O–H groups in total. The van der Waals surface area contributed by atoms with E-state index in [-0.39, 0.29) is 24.0 Å². The molecular weight excluding hydrogens is 515 g/mol. The normalized spacial score (nSPS) is 13.3. The van der Waals surface area contributed by atoms with Crippen LogP contribution in [0.5, 0.6) is 0 Å². The Morgan fingerprint density at radius 1 is 1.06 bits per heavy atom. The van der Waals surface area contributed by atoms with Gasteiger partial charge in [-0.3, -0.25) is 0 Å². The standard InChI is InChI=1S/C25H32N4O2.HI/c1-4-26-24(27-17-22-15-23(19(2)3)29-31-22)28-18-25(30,21-13-9-6-10-14-21)16-20-11-7-5-8-12-20;/h5-15,19,30H,4,16-18H2,1-3H3,(H2,26,27,28);1H. The highest BCUT2D eigenvalue weighted by Gasteiger charge is 2.30. The van der Waals surface area contributed by atoms with Gasteiger partial charge in [0.25, 0.3) is 0 Å². The Morgan fingerprint density at radius 2 is 1.72 bits per heavy atom. The first-order valence-electron chi connectivity index (χ1n) is 10.8. The summed E-state index contributed by atoms with van der Waals surface area (Å²) in [6.45, 7) is 7.56. The average Bonchev–Trinajstić information content (AvgIpc) is 3.26. The molecule has 1 unspecified atom stereocenters. The number of benzene rings is 2. The second kappa shape index (κ2) is 12.6. The molecule has 7 heteroatoms. The van der Waals surface area contributed by atoms with Gasteiger partial charge in [0, 0.05) is 19.0 Å². The van der Waals surface area contributed by atoms with Crippen molar-refractivity contribution in [3.05, 3.63) is 89.3 Å². The number of nitrogens with zero attached hydrogens (tertiary/aromatic N) is 2. The van der Waals surface area contributed by atoms with Crippen molar-refractivity contribution in [2.24, 2.45) is 4.99 Å². The lowest BCUT2D eigenvalue weighted by Crippen LogP contribution is -2.46. The Morgan fingerprint density at radius 3 is 2.31 bits per heavy atom. The highest BCUT2D eigenvalue weighted by atomic mass is 127. The van der Waals surface area contributed by atoms with E-state index in [2.05, 4.69) is 34.6 Å². The van der Waals surface area contributed by atoms with Gasteiger partial charge >= 0.3 is 0 Å².